The fourth-order valence-corrected chi connectivity index (χ4v) is 2.26. The van der Waals surface area contributed by atoms with Crippen LogP contribution in [0.4, 0.5) is 0 Å². The van der Waals surface area contributed by atoms with Crippen LogP contribution in [0.5, 0.6) is 0 Å². The van der Waals surface area contributed by atoms with Gasteiger partial charge < -0.3 is 11.7 Å². The zero-order valence-electron chi connectivity index (χ0n) is 6.38. The zero-order chi connectivity index (χ0) is 6.97. The van der Waals surface area contributed by atoms with Gasteiger partial charge in [0.1, 0.15) is 0 Å². The molecule has 0 unspecified atom stereocenters. The van der Waals surface area contributed by atoms with Gasteiger partial charge in [-0.1, -0.05) is 18.9 Å². The van der Waals surface area contributed by atoms with Crippen molar-refractivity contribution in [2.75, 3.05) is 0 Å². The molecule has 2 fully saturated rings. The lowest BCUT2D eigenvalue weighted by atomic mass is 9.86. The lowest BCUT2D eigenvalue weighted by Crippen LogP contribution is -2.19. The first kappa shape index (κ1) is 6.66. The van der Waals surface area contributed by atoms with E-state index in [-0.39, 0.29) is 0 Å². The summed E-state index contributed by atoms with van der Waals surface area (Å²) < 4.78 is 5.65. The average molecular weight is 139 g/mol. The van der Waals surface area contributed by atoms with E-state index in [1.165, 1.54) is 32.1 Å². The molecule has 2 aliphatic rings. The highest BCUT2D eigenvalue weighted by molar-refractivity contribution is 4.86. The molecule has 1 heterocycles. The summed E-state index contributed by atoms with van der Waals surface area (Å²) in [5, 5.41) is 0. The third-order valence-electron chi connectivity index (χ3n) is 2.77. The van der Waals surface area contributed by atoms with Crippen LogP contribution in [0.1, 0.15) is 32.1 Å². The minimum atomic E-state index is 0.299. The molecule has 1 aliphatic heterocycles. The molecule has 0 aromatic carbocycles. The van der Waals surface area contributed by atoms with Crippen LogP contribution in [0.3, 0.4) is 0 Å². The number of hydrogen-bond acceptors (Lipinski definition) is 1. The SMILES string of the molecule is [CH2-][C@@H]1C[C@H]2CCCC[C@@H]2O1. The van der Waals surface area contributed by atoms with Crippen LogP contribution in [0.15, 0.2) is 0 Å². The quantitative estimate of drug-likeness (QED) is 0.467. The summed E-state index contributed by atoms with van der Waals surface area (Å²) in [4.78, 5) is 0. The van der Waals surface area contributed by atoms with Crippen LogP contribution in [0.2, 0.25) is 0 Å². The van der Waals surface area contributed by atoms with Crippen LogP contribution in [-0.4, -0.2) is 12.2 Å². The maximum Gasteiger partial charge on any atom is 0.0571 e. The molecule has 3 atom stereocenters. The molecule has 1 aliphatic carbocycles. The highest BCUT2D eigenvalue weighted by Crippen LogP contribution is 2.36. The second-order valence-corrected chi connectivity index (χ2v) is 3.58. The molecule has 0 spiro atoms. The lowest BCUT2D eigenvalue weighted by molar-refractivity contribution is 0.0373. The van der Waals surface area contributed by atoms with Gasteiger partial charge in [-0.3, -0.25) is 0 Å². The second kappa shape index (κ2) is 2.54. The minimum absolute atomic E-state index is 0.299. The van der Waals surface area contributed by atoms with E-state index in [2.05, 4.69) is 6.92 Å². The second-order valence-electron chi connectivity index (χ2n) is 3.58. The van der Waals surface area contributed by atoms with E-state index in [1.54, 1.807) is 0 Å². The maximum absolute atomic E-state index is 5.65. The summed E-state index contributed by atoms with van der Waals surface area (Å²) >= 11 is 0. The van der Waals surface area contributed by atoms with Crippen LogP contribution in [-0.2, 0) is 4.74 Å². The van der Waals surface area contributed by atoms with Gasteiger partial charge in [-0.2, -0.15) is 0 Å². The minimum Gasteiger partial charge on any atom is -0.407 e. The normalized spacial score (nSPS) is 47.1. The molecule has 1 saturated carbocycles. The predicted octanol–water partition coefficient (Wildman–Crippen LogP) is 2.17. The third-order valence-corrected chi connectivity index (χ3v) is 2.77. The Morgan fingerprint density at radius 2 is 2.00 bits per heavy atom. The van der Waals surface area contributed by atoms with Gasteiger partial charge in [0.15, 0.2) is 0 Å². The van der Waals surface area contributed by atoms with Gasteiger partial charge in [-0.25, -0.2) is 0 Å². The summed E-state index contributed by atoms with van der Waals surface area (Å²) in [6, 6.07) is 0. The van der Waals surface area contributed by atoms with E-state index in [4.69, 9.17) is 4.74 Å². The van der Waals surface area contributed by atoms with Crippen molar-refractivity contribution in [3.05, 3.63) is 6.92 Å². The Morgan fingerprint density at radius 1 is 1.20 bits per heavy atom. The van der Waals surface area contributed by atoms with Gasteiger partial charge in [-0.15, -0.1) is 0 Å². The Labute approximate surface area is 62.8 Å². The molecule has 0 aromatic heterocycles. The van der Waals surface area contributed by atoms with Crippen molar-refractivity contribution in [3.63, 3.8) is 0 Å². The summed E-state index contributed by atoms with van der Waals surface area (Å²) in [7, 11) is 0. The molecular formula is C9H15O-. The van der Waals surface area contributed by atoms with Crippen molar-refractivity contribution in [1.82, 2.24) is 0 Å². The Kier molecular flexibility index (Phi) is 1.69. The smallest absolute Gasteiger partial charge is 0.0571 e. The first-order valence-corrected chi connectivity index (χ1v) is 4.35. The van der Waals surface area contributed by atoms with E-state index in [0.717, 1.165) is 5.92 Å². The fraction of sp³-hybridized carbons (Fsp3) is 0.889. The monoisotopic (exact) mass is 139 g/mol. The number of hydrogen-bond donors (Lipinski definition) is 0. The van der Waals surface area contributed by atoms with Crippen LogP contribution in [0, 0.1) is 12.8 Å². The Bertz CT molecular complexity index is 108. The average Bonchev–Trinajstić information content (AvgIpc) is 2.27. The van der Waals surface area contributed by atoms with Gasteiger partial charge in [0, 0.05) is 0 Å². The molecule has 10 heavy (non-hydrogen) atoms. The first-order chi connectivity index (χ1) is 4.86. The zero-order valence-corrected chi connectivity index (χ0v) is 6.38. The van der Waals surface area contributed by atoms with Gasteiger partial charge in [-0.05, 0) is 25.2 Å². The van der Waals surface area contributed by atoms with Crippen molar-refractivity contribution in [1.29, 1.82) is 0 Å². The largest absolute Gasteiger partial charge is 0.407 e. The van der Waals surface area contributed by atoms with E-state index in [9.17, 15) is 0 Å². The summed E-state index contributed by atoms with van der Waals surface area (Å²) in [6.07, 6.45) is 7.55. The number of fused-ring (bicyclic) bond motifs is 1. The highest BCUT2D eigenvalue weighted by atomic mass is 16.5. The van der Waals surface area contributed by atoms with Gasteiger partial charge in [0.2, 0.25) is 0 Å². The standard InChI is InChI=1S/C9H15O/c1-7-6-8-4-2-3-5-9(8)10-7/h7-9H,1-6H2/q-1/t7-,8-,9+/m1/s1. The third kappa shape index (κ3) is 1.07. The van der Waals surface area contributed by atoms with Crippen molar-refractivity contribution >= 4 is 0 Å². The van der Waals surface area contributed by atoms with Crippen LogP contribution in [0.25, 0.3) is 0 Å². The molecule has 0 N–H and O–H groups in total. The van der Waals surface area contributed by atoms with E-state index >= 15 is 0 Å². The summed E-state index contributed by atoms with van der Waals surface area (Å²) in [5.41, 5.74) is 0. The van der Waals surface area contributed by atoms with Crippen LogP contribution >= 0.6 is 0 Å². The Morgan fingerprint density at radius 3 is 2.80 bits per heavy atom. The molecule has 1 saturated heterocycles. The highest BCUT2D eigenvalue weighted by Gasteiger charge is 2.31. The topological polar surface area (TPSA) is 9.23 Å². The predicted molar refractivity (Wildman–Crippen MR) is 40.6 cm³/mol. The van der Waals surface area contributed by atoms with Crippen molar-refractivity contribution in [3.8, 4) is 0 Å². The van der Waals surface area contributed by atoms with E-state index in [1.807, 2.05) is 0 Å². The van der Waals surface area contributed by atoms with Crippen molar-refractivity contribution < 1.29 is 4.74 Å². The van der Waals surface area contributed by atoms with Crippen molar-refractivity contribution in [2.45, 2.75) is 44.3 Å². The number of ether oxygens (including phenoxy) is 1. The lowest BCUT2D eigenvalue weighted by Gasteiger charge is -2.23. The van der Waals surface area contributed by atoms with E-state index in [0.29, 0.717) is 12.2 Å². The molecule has 0 amide bonds. The molecule has 2 rings (SSSR count). The van der Waals surface area contributed by atoms with Gasteiger partial charge >= 0.3 is 0 Å². The summed E-state index contributed by atoms with van der Waals surface area (Å²) in [6.45, 7) is 3.94. The molecule has 58 valence electrons. The molecule has 1 nitrogen and oxygen atoms in total. The van der Waals surface area contributed by atoms with Gasteiger partial charge in [0.05, 0.1) is 6.10 Å². The summed E-state index contributed by atoms with van der Waals surface area (Å²) in [5.74, 6) is 0.858. The van der Waals surface area contributed by atoms with Crippen molar-refractivity contribution in [2.24, 2.45) is 5.92 Å². The molecule has 0 bridgehead atoms. The van der Waals surface area contributed by atoms with E-state index < -0.39 is 0 Å². The Hall–Kier alpha value is -0.0400. The maximum atomic E-state index is 5.65. The molecular weight excluding hydrogens is 124 g/mol. The number of rotatable bonds is 0. The first-order valence-electron chi connectivity index (χ1n) is 4.35. The molecule has 1 heteroatoms. The van der Waals surface area contributed by atoms with Gasteiger partial charge in [0.25, 0.3) is 0 Å². The molecule has 0 aromatic rings. The Balaban J connectivity index is 1.97. The van der Waals surface area contributed by atoms with Crippen LogP contribution < -0.4 is 0 Å². The molecule has 0 radical (unpaired) electrons. The fourth-order valence-electron chi connectivity index (χ4n) is 2.26.